The molecule has 16 heavy (non-hydrogen) atoms. The third-order valence-electron chi connectivity index (χ3n) is 1.62. The zero-order chi connectivity index (χ0) is 12.6. The van der Waals surface area contributed by atoms with Crippen LogP contribution in [0.1, 0.15) is 11.1 Å². The highest BCUT2D eigenvalue weighted by atomic mass is 32.2. The average Bonchev–Trinajstić information content (AvgIpc) is 1.97. The van der Waals surface area contributed by atoms with Gasteiger partial charge in [-0.1, -0.05) is 0 Å². The van der Waals surface area contributed by atoms with Gasteiger partial charge in [-0.05, 0) is 19.9 Å². The third-order valence-corrected chi connectivity index (χ3v) is 2.61. The molecular weight excluding hydrogens is 245 g/mol. The maximum atomic E-state index is 12.0. The lowest BCUT2D eigenvalue weighted by molar-refractivity contribution is -0.615. The van der Waals surface area contributed by atoms with Gasteiger partial charge in [-0.25, -0.2) is 13.1 Å². The molecule has 0 amide bonds. The molecule has 0 unspecified atom stereocenters. The molecule has 1 aromatic rings. The summed E-state index contributed by atoms with van der Waals surface area (Å²) in [5.41, 5.74) is -4.15. The van der Waals surface area contributed by atoms with Crippen molar-refractivity contribution in [3.63, 3.8) is 0 Å². The van der Waals surface area contributed by atoms with Crippen molar-refractivity contribution >= 4 is 10.0 Å². The number of halogens is 3. The highest BCUT2D eigenvalue weighted by Crippen LogP contribution is 2.26. The fraction of sp³-hybridized carbons (Fsp3) is 0.375. The topological polar surface area (TPSA) is 52.1 Å². The van der Waals surface area contributed by atoms with Crippen LogP contribution >= 0.6 is 0 Å². The maximum absolute atomic E-state index is 12.0. The van der Waals surface area contributed by atoms with Crippen LogP contribution in [-0.2, 0) is 10.0 Å². The molecule has 0 spiro atoms. The van der Waals surface area contributed by atoms with Crippen molar-refractivity contribution in [3.05, 3.63) is 34.4 Å². The normalized spacial score (nSPS) is 12.6. The smallest absolute Gasteiger partial charge is 0.315 e. The van der Waals surface area contributed by atoms with Gasteiger partial charge in [0, 0.05) is 11.1 Å². The highest BCUT2D eigenvalue weighted by Gasteiger charge is 2.41. The van der Waals surface area contributed by atoms with E-state index in [1.165, 1.54) is 12.4 Å². The molecule has 4 nitrogen and oxygen atoms in total. The molecule has 0 aromatic carbocycles. The Hall–Kier alpha value is -1.31. The number of sulfonamides is 1. The van der Waals surface area contributed by atoms with Crippen LogP contribution in [-0.4, -0.2) is 13.9 Å². The van der Waals surface area contributed by atoms with Gasteiger partial charge >= 0.3 is 5.51 Å². The molecule has 0 aliphatic carbocycles. The van der Waals surface area contributed by atoms with Crippen molar-refractivity contribution in [2.45, 2.75) is 19.4 Å². The Bertz CT molecular complexity index is 476. The molecule has 90 valence electrons. The van der Waals surface area contributed by atoms with Crippen molar-refractivity contribution in [3.8, 4) is 0 Å². The van der Waals surface area contributed by atoms with E-state index >= 15 is 0 Å². The second-order valence-corrected chi connectivity index (χ2v) is 4.85. The molecule has 0 atom stereocenters. The van der Waals surface area contributed by atoms with Crippen LogP contribution in [0.25, 0.3) is 4.83 Å². The van der Waals surface area contributed by atoms with Crippen LogP contribution in [0, 0.1) is 13.8 Å². The maximum Gasteiger partial charge on any atom is 0.487 e. The molecule has 0 radical (unpaired) electrons. The molecule has 0 aliphatic heterocycles. The number of hydrogen-bond donors (Lipinski definition) is 0. The predicted molar refractivity (Wildman–Crippen MR) is 49.8 cm³/mol. The summed E-state index contributed by atoms with van der Waals surface area (Å²) in [6, 6.07) is 1.69. The Morgan fingerprint density at radius 1 is 1.19 bits per heavy atom. The standard InChI is InChI=1S/C8H9F3N2O2S/c1-6-3-7(2)5-13(4-6)12-16(14,15)8(9,10)11/h3-5H,1-2H3. The molecule has 8 heteroatoms. The fourth-order valence-corrected chi connectivity index (χ4v) is 1.54. The number of pyridine rings is 1. The van der Waals surface area contributed by atoms with Gasteiger partial charge in [-0.15, -0.1) is 0 Å². The van der Waals surface area contributed by atoms with Gasteiger partial charge in [-0.3, -0.25) is 0 Å². The first-order valence-corrected chi connectivity index (χ1v) is 5.60. The SMILES string of the molecule is Cc1cc(C)c[n+]([N-]S(=O)(=O)C(F)(F)F)c1. The fourth-order valence-electron chi connectivity index (χ4n) is 1.11. The van der Waals surface area contributed by atoms with Crippen LogP contribution in [0.3, 0.4) is 0 Å². The summed E-state index contributed by atoms with van der Waals surface area (Å²) in [4.78, 5) is 2.65. The second-order valence-electron chi connectivity index (χ2n) is 3.27. The van der Waals surface area contributed by atoms with E-state index < -0.39 is 15.5 Å². The second kappa shape index (κ2) is 3.93. The van der Waals surface area contributed by atoms with E-state index in [0.717, 1.165) is 0 Å². The van der Waals surface area contributed by atoms with Crippen LogP contribution in [0.5, 0.6) is 0 Å². The molecule has 0 aliphatic rings. The van der Waals surface area contributed by atoms with Crippen molar-refractivity contribution < 1.29 is 26.3 Å². The van der Waals surface area contributed by atoms with E-state index in [1.54, 1.807) is 19.9 Å². The van der Waals surface area contributed by atoms with Gasteiger partial charge in [0.15, 0.2) is 12.4 Å². The van der Waals surface area contributed by atoms with Crippen LogP contribution < -0.4 is 4.68 Å². The first kappa shape index (κ1) is 12.8. The predicted octanol–water partition coefficient (Wildman–Crippen LogP) is 1.58. The van der Waals surface area contributed by atoms with Gasteiger partial charge in [0.1, 0.15) is 0 Å². The molecule has 1 rings (SSSR count). The van der Waals surface area contributed by atoms with E-state index in [1.807, 2.05) is 0 Å². The molecule has 0 saturated carbocycles. The Labute approximate surface area is 90.7 Å². The molecule has 1 aromatic heterocycles. The lowest BCUT2D eigenvalue weighted by Crippen LogP contribution is -2.37. The lowest BCUT2D eigenvalue weighted by atomic mass is 10.2. The van der Waals surface area contributed by atoms with E-state index in [0.29, 0.717) is 15.8 Å². The summed E-state index contributed by atoms with van der Waals surface area (Å²) in [6.07, 6.45) is 2.38. The number of rotatable bonds is 2. The van der Waals surface area contributed by atoms with Gasteiger partial charge in [0.2, 0.25) is 10.0 Å². The number of aryl methyl sites for hydroxylation is 2. The quantitative estimate of drug-likeness (QED) is 0.752. The largest absolute Gasteiger partial charge is 0.487 e. The molecule has 0 N–H and O–H groups in total. The van der Waals surface area contributed by atoms with Crippen LogP contribution in [0.4, 0.5) is 13.2 Å². The van der Waals surface area contributed by atoms with Gasteiger partial charge in [0.05, 0.1) is 0 Å². The first-order chi connectivity index (χ1) is 7.12. The third kappa shape index (κ3) is 2.84. The first-order valence-electron chi connectivity index (χ1n) is 4.16. The summed E-state index contributed by atoms with van der Waals surface area (Å²) in [6.45, 7) is 3.25. The summed E-state index contributed by atoms with van der Waals surface area (Å²) in [5.74, 6) is 0. The number of aromatic nitrogens is 1. The van der Waals surface area contributed by atoms with E-state index in [-0.39, 0.29) is 0 Å². The molecule has 0 fully saturated rings. The van der Waals surface area contributed by atoms with Crippen molar-refractivity contribution in [1.82, 2.24) is 0 Å². The van der Waals surface area contributed by atoms with E-state index in [4.69, 9.17) is 0 Å². The van der Waals surface area contributed by atoms with E-state index in [2.05, 4.69) is 4.83 Å². The summed E-state index contributed by atoms with van der Waals surface area (Å²) in [7, 11) is -5.50. The van der Waals surface area contributed by atoms with Gasteiger partial charge in [-0.2, -0.15) is 13.2 Å². The van der Waals surface area contributed by atoms with Crippen molar-refractivity contribution in [2.24, 2.45) is 0 Å². The van der Waals surface area contributed by atoms with E-state index in [9.17, 15) is 21.6 Å². The zero-order valence-electron chi connectivity index (χ0n) is 8.49. The summed E-state index contributed by atoms with van der Waals surface area (Å²) < 4.78 is 58.2. The lowest BCUT2D eigenvalue weighted by Gasteiger charge is -2.16. The van der Waals surface area contributed by atoms with Gasteiger partial charge < -0.3 is 4.83 Å². The van der Waals surface area contributed by atoms with Crippen molar-refractivity contribution in [1.29, 1.82) is 0 Å². The minimum absolute atomic E-state index is 0.612. The Morgan fingerprint density at radius 3 is 2.00 bits per heavy atom. The molecule has 1 heterocycles. The zero-order valence-corrected chi connectivity index (χ0v) is 9.30. The monoisotopic (exact) mass is 254 g/mol. The average molecular weight is 254 g/mol. The minimum Gasteiger partial charge on any atom is -0.315 e. The Morgan fingerprint density at radius 2 is 1.62 bits per heavy atom. The Kier molecular flexibility index (Phi) is 3.13. The highest BCUT2D eigenvalue weighted by molar-refractivity contribution is 7.94. The van der Waals surface area contributed by atoms with Crippen molar-refractivity contribution in [2.75, 3.05) is 0 Å². The number of hydrogen-bond acceptors (Lipinski definition) is 2. The van der Waals surface area contributed by atoms with Crippen LogP contribution in [0.15, 0.2) is 18.5 Å². The molecule has 0 saturated heterocycles. The summed E-state index contributed by atoms with van der Waals surface area (Å²) in [5, 5.41) is 0. The molecular formula is C8H9F3N2O2S. The Balaban J connectivity index is 3.07. The summed E-state index contributed by atoms with van der Waals surface area (Å²) >= 11 is 0. The minimum atomic E-state index is -5.50. The van der Waals surface area contributed by atoms with Crippen LogP contribution in [0.2, 0.25) is 0 Å². The number of nitrogens with zero attached hydrogens (tertiary/aromatic N) is 2. The number of alkyl halides is 3. The molecule has 0 bridgehead atoms. The van der Waals surface area contributed by atoms with Gasteiger partial charge in [0.25, 0.3) is 0 Å².